The lowest BCUT2D eigenvalue weighted by molar-refractivity contribution is -0.0760. The average Bonchev–Trinajstić information content (AvgIpc) is 3.10. The van der Waals surface area contributed by atoms with Crippen LogP contribution in [0.15, 0.2) is 29.7 Å². The summed E-state index contributed by atoms with van der Waals surface area (Å²) >= 11 is 0. The number of ether oxygens (including phenoxy) is 1. The fraction of sp³-hybridized carbons (Fsp3) is 0.500. The molecule has 3 heterocycles. The van der Waals surface area contributed by atoms with Gasteiger partial charge in [-0.15, -0.1) is 0 Å². The number of H-pyrrole nitrogens is 1. The highest BCUT2D eigenvalue weighted by molar-refractivity contribution is 7.89. The van der Waals surface area contributed by atoms with Crippen molar-refractivity contribution in [1.29, 1.82) is 0 Å². The summed E-state index contributed by atoms with van der Waals surface area (Å²) in [6.07, 6.45) is 8.87. The Morgan fingerprint density at radius 1 is 1.30 bits per heavy atom. The molecule has 1 fully saturated rings. The van der Waals surface area contributed by atoms with E-state index >= 15 is 0 Å². The normalized spacial score (nSPS) is 22.1. The fourth-order valence-corrected chi connectivity index (χ4v) is 3.40. The first kappa shape index (κ1) is 16.0. The number of hydrogen-bond donors (Lipinski definition) is 2. The van der Waals surface area contributed by atoms with E-state index in [1.807, 2.05) is 6.92 Å². The van der Waals surface area contributed by atoms with Crippen molar-refractivity contribution >= 4 is 10.0 Å². The third-order valence-electron chi connectivity index (χ3n) is 3.90. The van der Waals surface area contributed by atoms with Gasteiger partial charge in [-0.2, -0.15) is 5.10 Å². The standard InChI is InChI=1S/C14H19N5O3S/c1-14(4-2-3-5-22-14)13-15-6-11(7-16-13)8-19-23(20,21)12-9-17-18-10-12/h6-7,9-10,19H,2-5,8H2,1H3,(H,17,18)/t14-/m0/s1. The van der Waals surface area contributed by atoms with Gasteiger partial charge in [-0.1, -0.05) is 0 Å². The van der Waals surface area contributed by atoms with E-state index in [1.165, 1.54) is 12.4 Å². The maximum atomic E-state index is 12.0. The van der Waals surface area contributed by atoms with Crippen LogP contribution in [-0.4, -0.2) is 35.2 Å². The lowest BCUT2D eigenvalue weighted by Gasteiger charge is -2.32. The van der Waals surface area contributed by atoms with Crippen LogP contribution in [0.4, 0.5) is 0 Å². The Hall–Kier alpha value is -1.84. The maximum absolute atomic E-state index is 12.0. The average molecular weight is 337 g/mol. The molecule has 23 heavy (non-hydrogen) atoms. The van der Waals surface area contributed by atoms with Crippen LogP contribution in [0, 0.1) is 0 Å². The molecule has 0 aliphatic carbocycles. The van der Waals surface area contributed by atoms with E-state index in [0.29, 0.717) is 18.0 Å². The zero-order chi connectivity index (χ0) is 16.3. The molecule has 2 N–H and O–H groups in total. The molecule has 1 atom stereocenters. The van der Waals surface area contributed by atoms with E-state index in [0.717, 1.165) is 19.3 Å². The van der Waals surface area contributed by atoms with E-state index in [2.05, 4.69) is 24.9 Å². The topological polar surface area (TPSA) is 110 Å². The number of nitrogens with one attached hydrogen (secondary N) is 2. The van der Waals surface area contributed by atoms with Crippen LogP contribution in [0.3, 0.4) is 0 Å². The van der Waals surface area contributed by atoms with Gasteiger partial charge in [-0.3, -0.25) is 5.10 Å². The second kappa shape index (κ2) is 6.34. The second-order valence-electron chi connectivity index (χ2n) is 5.71. The van der Waals surface area contributed by atoms with Crippen molar-refractivity contribution in [1.82, 2.24) is 24.9 Å². The number of hydrogen-bond acceptors (Lipinski definition) is 6. The second-order valence-corrected chi connectivity index (χ2v) is 7.48. The molecule has 0 aromatic carbocycles. The van der Waals surface area contributed by atoms with Crippen molar-refractivity contribution < 1.29 is 13.2 Å². The molecule has 0 unspecified atom stereocenters. The molecule has 2 aromatic rings. The molecule has 0 bridgehead atoms. The van der Waals surface area contributed by atoms with Gasteiger partial charge in [-0.05, 0) is 26.2 Å². The minimum atomic E-state index is -3.58. The van der Waals surface area contributed by atoms with Gasteiger partial charge in [0.15, 0.2) is 5.82 Å². The van der Waals surface area contributed by atoms with Crippen molar-refractivity contribution in [3.05, 3.63) is 36.2 Å². The number of sulfonamides is 1. The lowest BCUT2D eigenvalue weighted by atomic mass is 9.95. The molecule has 0 spiro atoms. The summed E-state index contributed by atoms with van der Waals surface area (Å²) < 4.78 is 32.3. The van der Waals surface area contributed by atoms with E-state index in [4.69, 9.17) is 4.74 Å². The first-order valence-electron chi connectivity index (χ1n) is 7.43. The van der Waals surface area contributed by atoms with Gasteiger partial charge in [0.1, 0.15) is 10.5 Å². The summed E-state index contributed by atoms with van der Waals surface area (Å²) in [6.45, 7) is 2.82. The molecule has 0 radical (unpaired) electrons. The summed E-state index contributed by atoms with van der Waals surface area (Å²) in [7, 11) is -3.58. The van der Waals surface area contributed by atoms with E-state index < -0.39 is 15.6 Å². The zero-order valence-corrected chi connectivity index (χ0v) is 13.6. The van der Waals surface area contributed by atoms with E-state index in [1.54, 1.807) is 12.4 Å². The molecular formula is C14H19N5O3S. The maximum Gasteiger partial charge on any atom is 0.243 e. The largest absolute Gasteiger partial charge is 0.367 e. The molecule has 124 valence electrons. The number of nitrogens with zero attached hydrogens (tertiary/aromatic N) is 3. The van der Waals surface area contributed by atoms with Crippen LogP contribution in [0.5, 0.6) is 0 Å². The lowest BCUT2D eigenvalue weighted by Crippen LogP contribution is -2.32. The zero-order valence-electron chi connectivity index (χ0n) is 12.8. The van der Waals surface area contributed by atoms with E-state index in [-0.39, 0.29) is 11.4 Å². The Kier molecular flexibility index (Phi) is 4.42. The number of rotatable bonds is 5. The van der Waals surface area contributed by atoms with Crippen molar-refractivity contribution in [2.45, 2.75) is 43.2 Å². The molecule has 9 heteroatoms. The molecule has 3 rings (SSSR count). The van der Waals surface area contributed by atoms with Crippen molar-refractivity contribution in [3.63, 3.8) is 0 Å². The molecule has 0 amide bonds. The summed E-state index contributed by atoms with van der Waals surface area (Å²) in [5.74, 6) is 0.638. The quantitative estimate of drug-likeness (QED) is 0.845. The minimum Gasteiger partial charge on any atom is -0.367 e. The summed E-state index contributed by atoms with van der Waals surface area (Å²) in [5, 5.41) is 6.11. The minimum absolute atomic E-state index is 0.0955. The monoisotopic (exact) mass is 337 g/mol. The van der Waals surface area contributed by atoms with Gasteiger partial charge < -0.3 is 4.74 Å². The van der Waals surface area contributed by atoms with Crippen LogP contribution in [0.25, 0.3) is 0 Å². The van der Waals surface area contributed by atoms with Gasteiger partial charge in [0.25, 0.3) is 0 Å². The van der Waals surface area contributed by atoms with Crippen LogP contribution < -0.4 is 4.72 Å². The van der Waals surface area contributed by atoms with Crippen LogP contribution in [0.1, 0.15) is 37.6 Å². The predicted octanol–water partition coefficient (Wildman–Crippen LogP) is 1.09. The van der Waals surface area contributed by atoms with Crippen LogP contribution in [-0.2, 0) is 26.9 Å². The highest BCUT2D eigenvalue weighted by atomic mass is 32.2. The first-order valence-corrected chi connectivity index (χ1v) is 8.92. The van der Waals surface area contributed by atoms with Gasteiger partial charge in [0, 0.05) is 37.3 Å². The van der Waals surface area contributed by atoms with Gasteiger partial charge in [0.2, 0.25) is 10.0 Å². The van der Waals surface area contributed by atoms with Crippen molar-refractivity contribution in [2.24, 2.45) is 0 Å². The molecule has 0 saturated carbocycles. The first-order chi connectivity index (χ1) is 11.0. The molecule has 2 aromatic heterocycles. The summed E-state index contributed by atoms with van der Waals surface area (Å²) in [6, 6.07) is 0. The highest BCUT2D eigenvalue weighted by Gasteiger charge is 2.32. The third kappa shape index (κ3) is 3.57. The van der Waals surface area contributed by atoms with E-state index in [9.17, 15) is 8.42 Å². The smallest absolute Gasteiger partial charge is 0.243 e. The Bertz CT molecular complexity index is 737. The Morgan fingerprint density at radius 3 is 2.70 bits per heavy atom. The molecule has 1 aliphatic heterocycles. The molecule has 8 nitrogen and oxygen atoms in total. The predicted molar refractivity (Wildman–Crippen MR) is 81.8 cm³/mol. The van der Waals surface area contributed by atoms with Crippen molar-refractivity contribution in [2.75, 3.05) is 6.61 Å². The number of aromatic nitrogens is 4. The van der Waals surface area contributed by atoms with Gasteiger partial charge in [-0.25, -0.2) is 23.1 Å². The Labute approximate surface area is 134 Å². The summed E-state index contributed by atoms with van der Waals surface area (Å²) in [4.78, 5) is 8.79. The molecular weight excluding hydrogens is 318 g/mol. The molecule has 1 aliphatic rings. The van der Waals surface area contributed by atoms with Crippen LogP contribution >= 0.6 is 0 Å². The summed E-state index contributed by atoms with van der Waals surface area (Å²) in [5.41, 5.74) is 0.229. The number of aromatic amines is 1. The SMILES string of the molecule is C[C@@]1(c2ncc(CNS(=O)(=O)c3cn[nH]c3)cn2)CCCCO1. The fourth-order valence-electron chi connectivity index (χ4n) is 2.48. The van der Waals surface area contributed by atoms with Crippen molar-refractivity contribution in [3.8, 4) is 0 Å². The third-order valence-corrected chi connectivity index (χ3v) is 5.27. The van der Waals surface area contributed by atoms with Crippen LogP contribution in [0.2, 0.25) is 0 Å². The van der Waals surface area contributed by atoms with Gasteiger partial charge >= 0.3 is 0 Å². The Morgan fingerprint density at radius 2 is 2.09 bits per heavy atom. The molecule has 1 saturated heterocycles. The Balaban J connectivity index is 1.66. The highest BCUT2D eigenvalue weighted by Crippen LogP contribution is 2.32. The van der Waals surface area contributed by atoms with Gasteiger partial charge in [0.05, 0.1) is 6.20 Å².